The molecular formula is C14H19FO5. The number of aldehydes is 1. The number of methoxy groups -OCH3 is 1. The van der Waals surface area contributed by atoms with Gasteiger partial charge in [0.25, 0.3) is 0 Å². The number of aliphatic hydroxyl groups excluding tert-OH is 1. The highest BCUT2D eigenvalue weighted by Crippen LogP contribution is 2.21. The minimum Gasteiger partial charge on any atom is -0.487 e. The van der Waals surface area contributed by atoms with Gasteiger partial charge in [-0.25, -0.2) is 4.39 Å². The Morgan fingerprint density at radius 1 is 1.35 bits per heavy atom. The van der Waals surface area contributed by atoms with E-state index in [9.17, 15) is 14.3 Å². The topological polar surface area (TPSA) is 65.0 Å². The summed E-state index contributed by atoms with van der Waals surface area (Å²) in [5.41, 5.74) is 0.103. The number of aliphatic hydroxyl groups is 1. The number of ether oxygens (including phenoxy) is 3. The third-order valence-electron chi connectivity index (χ3n) is 2.52. The van der Waals surface area contributed by atoms with Gasteiger partial charge in [-0.05, 0) is 19.1 Å². The van der Waals surface area contributed by atoms with Gasteiger partial charge in [0.15, 0.2) is 17.9 Å². The molecule has 0 aliphatic heterocycles. The van der Waals surface area contributed by atoms with Crippen LogP contribution in [0.1, 0.15) is 17.3 Å². The van der Waals surface area contributed by atoms with Crippen LogP contribution in [0.4, 0.5) is 4.39 Å². The van der Waals surface area contributed by atoms with Gasteiger partial charge in [-0.15, -0.1) is 0 Å². The maximum atomic E-state index is 13.5. The summed E-state index contributed by atoms with van der Waals surface area (Å²) < 4.78 is 28.8. The fraction of sp³-hybridized carbons (Fsp3) is 0.500. The summed E-state index contributed by atoms with van der Waals surface area (Å²) in [7, 11) is 1.55. The van der Waals surface area contributed by atoms with Crippen molar-refractivity contribution in [3.63, 3.8) is 0 Å². The molecule has 2 unspecified atom stereocenters. The van der Waals surface area contributed by atoms with Crippen molar-refractivity contribution < 1.29 is 28.5 Å². The molecule has 0 bridgehead atoms. The van der Waals surface area contributed by atoms with Crippen molar-refractivity contribution in [3.8, 4) is 5.75 Å². The van der Waals surface area contributed by atoms with Gasteiger partial charge in [-0.2, -0.15) is 0 Å². The zero-order chi connectivity index (χ0) is 15.0. The van der Waals surface area contributed by atoms with Gasteiger partial charge < -0.3 is 19.3 Å². The van der Waals surface area contributed by atoms with Crippen LogP contribution in [0.3, 0.4) is 0 Å². The Labute approximate surface area is 117 Å². The molecule has 0 aliphatic rings. The lowest BCUT2D eigenvalue weighted by Gasteiger charge is -2.17. The van der Waals surface area contributed by atoms with E-state index in [-0.39, 0.29) is 30.6 Å². The third kappa shape index (κ3) is 5.24. The fourth-order valence-electron chi connectivity index (χ4n) is 1.56. The maximum Gasteiger partial charge on any atom is 0.165 e. The SMILES string of the molecule is COCC(C)OCC(O)COc1c(F)cccc1C=O. The zero-order valence-electron chi connectivity index (χ0n) is 11.5. The van der Waals surface area contributed by atoms with Crippen molar-refractivity contribution in [2.24, 2.45) is 0 Å². The van der Waals surface area contributed by atoms with Crippen molar-refractivity contribution in [3.05, 3.63) is 29.6 Å². The Balaban J connectivity index is 2.45. The van der Waals surface area contributed by atoms with E-state index < -0.39 is 11.9 Å². The first-order chi connectivity index (χ1) is 9.58. The Morgan fingerprint density at radius 3 is 2.75 bits per heavy atom. The van der Waals surface area contributed by atoms with E-state index >= 15 is 0 Å². The molecule has 0 aromatic heterocycles. The molecule has 1 N–H and O–H groups in total. The molecule has 1 rings (SSSR count). The van der Waals surface area contributed by atoms with Gasteiger partial charge in [0.1, 0.15) is 12.7 Å². The van der Waals surface area contributed by atoms with E-state index in [0.29, 0.717) is 12.9 Å². The van der Waals surface area contributed by atoms with Gasteiger partial charge >= 0.3 is 0 Å². The highest BCUT2D eigenvalue weighted by molar-refractivity contribution is 5.79. The molecule has 0 fully saturated rings. The molecule has 0 saturated carbocycles. The van der Waals surface area contributed by atoms with Crippen LogP contribution < -0.4 is 4.74 Å². The largest absolute Gasteiger partial charge is 0.487 e. The molecule has 1 aromatic carbocycles. The lowest BCUT2D eigenvalue weighted by molar-refractivity contribution is -0.0426. The lowest BCUT2D eigenvalue weighted by Crippen LogP contribution is -2.27. The van der Waals surface area contributed by atoms with E-state index in [0.717, 1.165) is 0 Å². The predicted molar refractivity (Wildman–Crippen MR) is 70.6 cm³/mol. The number of hydrogen-bond donors (Lipinski definition) is 1. The number of benzene rings is 1. The summed E-state index contributed by atoms with van der Waals surface area (Å²) in [5, 5.41) is 9.68. The van der Waals surface area contributed by atoms with Crippen LogP contribution in [-0.2, 0) is 9.47 Å². The Morgan fingerprint density at radius 2 is 2.10 bits per heavy atom. The molecule has 0 radical (unpaired) electrons. The van der Waals surface area contributed by atoms with E-state index in [4.69, 9.17) is 14.2 Å². The van der Waals surface area contributed by atoms with Crippen molar-refractivity contribution >= 4 is 6.29 Å². The average molecular weight is 286 g/mol. The summed E-state index contributed by atoms with van der Waals surface area (Å²) in [6.45, 7) is 2.09. The Bertz CT molecular complexity index is 424. The summed E-state index contributed by atoms with van der Waals surface area (Å²) in [6.07, 6.45) is -0.579. The quantitative estimate of drug-likeness (QED) is 0.696. The van der Waals surface area contributed by atoms with Crippen LogP contribution in [0, 0.1) is 5.82 Å². The van der Waals surface area contributed by atoms with Crippen LogP contribution in [-0.4, -0.2) is 50.5 Å². The van der Waals surface area contributed by atoms with Gasteiger partial charge in [-0.3, -0.25) is 4.79 Å². The van der Waals surface area contributed by atoms with E-state index in [2.05, 4.69) is 0 Å². The fourth-order valence-corrected chi connectivity index (χ4v) is 1.56. The molecule has 0 spiro atoms. The Hall–Kier alpha value is -1.50. The normalized spacial score (nSPS) is 13.8. The van der Waals surface area contributed by atoms with Gasteiger partial charge in [0.2, 0.25) is 0 Å². The highest BCUT2D eigenvalue weighted by Gasteiger charge is 2.13. The lowest BCUT2D eigenvalue weighted by atomic mass is 10.2. The Kier molecular flexibility index (Phi) is 7.14. The molecule has 1 aromatic rings. The maximum absolute atomic E-state index is 13.5. The van der Waals surface area contributed by atoms with Crippen LogP contribution in [0.5, 0.6) is 5.75 Å². The molecule has 0 heterocycles. The van der Waals surface area contributed by atoms with Crippen LogP contribution in [0.25, 0.3) is 0 Å². The number of para-hydroxylation sites is 1. The minimum absolute atomic E-state index is 0.0371. The molecule has 0 saturated heterocycles. The minimum atomic E-state index is -0.923. The summed E-state index contributed by atoms with van der Waals surface area (Å²) in [4.78, 5) is 10.8. The summed E-state index contributed by atoms with van der Waals surface area (Å²) >= 11 is 0. The zero-order valence-corrected chi connectivity index (χ0v) is 11.5. The van der Waals surface area contributed by atoms with E-state index in [1.807, 2.05) is 0 Å². The molecule has 5 nitrogen and oxygen atoms in total. The summed E-state index contributed by atoms with van der Waals surface area (Å²) in [6, 6.07) is 4.04. The molecule has 0 aliphatic carbocycles. The second-order valence-electron chi connectivity index (χ2n) is 4.34. The molecule has 112 valence electrons. The van der Waals surface area contributed by atoms with E-state index in [1.54, 1.807) is 14.0 Å². The second-order valence-corrected chi connectivity index (χ2v) is 4.34. The van der Waals surface area contributed by atoms with Crippen molar-refractivity contribution in [1.82, 2.24) is 0 Å². The van der Waals surface area contributed by atoms with Gasteiger partial charge in [0.05, 0.1) is 24.9 Å². The monoisotopic (exact) mass is 286 g/mol. The van der Waals surface area contributed by atoms with Crippen molar-refractivity contribution in [2.75, 3.05) is 26.9 Å². The third-order valence-corrected chi connectivity index (χ3v) is 2.52. The first kappa shape index (κ1) is 16.6. The van der Waals surface area contributed by atoms with Crippen LogP contribution in [0.15, 0.2) is 18.2 Å². The first-order valence-electron chi connectivity index (χ1n) is 6.23. The van der Waals surface area contributed by atoms with Crippen molar-refractivity contribution in [1.29, 1.82) is 0 Å². The van der Waals surface area contributed by atoms with Gasteiger partial charge in [-0.1, -0.05) is 6.07 Å². The highest BCUT2D eigenvalue weighted by atomic mass is 19.1. The predicted octanol–water partition coefficient (Wildman–Crippen LogP) is 1.43. The average Bonchev–Trinajstić information content (AvgIpc) is 2.43. The number of carbonyl (C=O) groups excluding carboxylic acids is 1. The first-order valence-corrected chi connectivity index (χ1v) is 6.23. The molecule has 6 heteroatoms. The van der Waals surface area contributed by atoms with Crippen molar-refractivity contribution in [2.45, 2.75) is 19.1 Å². The molecule has 2 atom stereocenters. The summed E-state index contributed by atoms with van der Waals surface area (Å²) in [5.74, 6) is -0.804. The smallest absolute Gasteiger partial charge is 0.165 e. The standard InChI is InChI=1S/C14H19FO5/c1-10(7-18-2)19-8-12(17)9-20-14-11(6-16)4-3-5-13(14)15/h3-6,10,12,17H,7-9H2,1-2H3. The molecule has 20 heavy (non-hydrogen) atoms. The number of hydrogen-bond acceptors (Lipinski definition) is 5. The van der Waals surface area contributed by atoms with E-state index in [1.165, 1.54) is 18.2 Å². The molecule has 0 amide bonds. The number of halogens is 1. The van der Waals surface area contributed by atoms with Gasteiger partial charge in [0, 0.05) is 7.11 Å². The number of carbonyl (C=O) groups is 1. The number of rotatable bonds is 9. The molecular weight excluding hydrogens is 267 g/mol. The van der Waals surface area contributed by atoms with Crippen LogP contribution >= 0.6 is 0 Å². The van der Waals surface area contributed by atoms with Crippen LogP contribution in [0.2, 0.25) is 0 Å². The second kappa shape index (κ2) is 8.63.